The van der Waals surface area contributed by atoms with Crippen molar-refractivity contribution in [3.8, 4) is 11.5 Å². The molecule has 2 heterocycles. The topological polar surface area (TPSA) is 71.8 Å². The van der Waals surface area contributed by atoms with Crippen LogP contribution in [0.15, 0.2) is 64.4 Å². The average molecular weight is 363 g/mol. The van der Waals surface area contributed by atoms with Gasteiger partial charge in [0.05, 0.1) is 5.25 Å². The molecule has 0 bridgehead atoms. The number of rotatable bonds is 5. The molecule has 4 aromatic rings. The number of para-hydroxylation sites is 1. The lowest BCUT2D eigenvalue weighted by atomic mass is 10.1. The number of ketones is 1. The van der Waals surface area contributed by atoms with Crippen LogP contribution in [0.5, 0.6) is 0 Å². The third-order valence-corrected chi connectivity index (χ3v) is 5.14. The van der Waals surface area contributed by atoms with Crippen molar-refractivity contribution in [3.05, 3.63) is 65.9 Å². The number of thioether (sulfide) groups is 1. The molecule has 1 atom stereocenters. The van der Waals surface area contributed by atoms with E-state index in [1.807, 2.05) is 62.4 Å². The summed E-state index contributed by atoms with van der Waals surface area (Å²) in [7, 11) is 0. The molecule has 0 saturated carbocycles. The van der Waals surface area contributed by atoms with E-state index in [2.05, 4.69) is 15.2 Å². The van der Waals surface area contributed by atoms with E-state index in [1.165, 1.54) is 17.3 Å². The van der Waals surface area contributed by atoms with Crippen LogP contribution in [0.1, 0.15) is 22.8 Å². The molecule has 4 rings (SSSR count). The van der Waals surface area contributed by atoms with E-state index in [0.717, 1.165) is 16.5 Å². The fourth-order valence-corrected chi connectivity index (χ4v) is 3.52. The molecule has 6 heteroatoms. The second-order valence-electron chi connectivity index (χ2n) is 6.11. The molecule has 1 N–H and O–H groups in total. The van der Waals surface area contributed by atoms with Gasteiger partial charge >= 0.3 is 0 Å². The highest BCUT2D eigenvalue weighted by Crippen LogP contribution is 2.29. The van der Waals surface area contributed by atoms with Crippen LogP contribution < -0.4 is 0 Å². The van der Waals surface area contributed by atoms with Gasteiger partial charge in [-0.3, -0.25) is 4.79 Å². The minimum Gasteiger partial charge on any atom is -0.411 e. The number of aryl methyl sites for hydroxylation is 1. The first-order valence-corrected chi connectivity index (χ1v) is 9.17. The third kappa shape index (κ3) is 3.15. The van der Waals surface area contributed by atoms with Gasteiger partial charge in [-0.2, -0.15) is 0 Å². The van der Waals surface area contributed by atoms with Crippen LogP contribution in [0.3, 0.4) is 0 Å². The van der Waals surface area contributed by atoms with Crippen molar-refractivity contribution >= 4 is 28.4 Å². The van der Waals surface area contributed by atoms with Gasteiger partial charge in [0.2, 0.25) is 5.89 Å². The van der Waals surface area contributed by atoms with E-state index >= 15 is 0 Å². The van der Waals surface area contributed by atoms with Crippen LogP contribution in [0.25, 0.3) is 22.4 Å². The summed E-state index contributed by atoms with van der Waals surface area (Å²) in [6.45, 7) is 3.88. The Kier molecular flexibility index (Phi) is 4.34. The number of carbonyl (C=O) groups excluding carboxylic acids is 1. The van der Waals surface area contributed by atoms with E-state index in [9.17, 15) is 4.79 Å². The first kappa shape index (κ1) is 16.6. The van der Waals surface area contributed by atoms with Gasteiger partial charge in [-0.25, -0.2) is 0 Å². The summed E-state index contributed by atoms with van der Waals surface area (Å²) in [6, 6.07) is 15.6. The number of fused-ring (bicyclic) bond motifs is 1. The first-order chi connectivity index (χ1) is 12.6. The molecule has 0 amide bonds. The number of carbonyl (C=O) groups is 1. The smallest absolute Gasteiger partial charge is 0.277 e. The maximum atomic E-state index is 12.8. The molecule has 130 valence electrons. The van der Waals surface area contributed by atoms with E-state index in [4.69, 9.17) is 4.42 Å². The van der Waals surface area contributed by atoms with Gasteiger partial charge in [-0.15, -0.1) is 10.2 Å². The molecule has 2 aromatic heterocycles. The van der Waals surface area contributed by atoms with Crippen molar-refractivity contribution in [3.63, 3.8) is 0 Å². The van der Waals surface area contributed by atoms with Crippen molar-refractivity contribution in [2.75, 3.05) is 0 Å². The van der Waals surface area contributed by atoms with Gasteiger partial charge in [0.15, 0.2) is 5.78 Å². The molecule has 0 saturated heterocycles. The summed E-state index contributed by atoms with van der Waals surface area (Å²) in [5, 5.41) is 9.14. The van der Waals surface area contributed by atoms with Crippen LogP contribution in [-0.2, 0) is 0 Å². The molecule has 2 aromatic carbocycles. The summed E-state index contributed by atoms with van der Waals surface area (Å²) in [4.78, 5) is 15.9. The number of hydrogen-bond donors (Lipinski definition) is 1. The van der Waals surface area contributed by atoms with E-state index in [-0.39, 0.29) is 11.0 Å². The molecule has 0 spiro atoms. The molecule has 0 radical (unpaired) electrons. The van der Waals surface area contributed by atoms with Gasteiger partial charge in [-0.1, -0.05) is 47.7 Å². The quantitative estimate of drug-likeness (QED) is 0.404. The lowest BCUT2D eigenvalue weighted by Gasteiger charge is -2.06. The zero-order chi connectivity index (χ0) is 18.1. The Morgan fingerprint density at radius 1 is 1.12 bits per heavy atom. The van der Waals surface area contributed by atoms with Gasteiger partial charge in [0, 0.05) is 28.2 Å². The molecule has 0 fully saturated rings. The molecular formula is C20H17N3O2S. The zero-order valence-corrected chi connectivity index (χ0v) is 15.2. The lowest BCUT2D eigenvalue weighted by molar-refractivity contribution is 0.0995. The summed E-state index contributed by atoms with van der Waals surface area (Å²) < 4.78 is 5.72. The van der Waals surface area contributed by atoms with Crippen LogP contribution in [-0.4, -0.2) is 26.2 Å². The summed E-state index contributed by atoms with van der Waals surface area (Å²) in [5.74, 6) is 0.488. The van der Waals surface area contributed by atoms with Gasteiger partial charge < -0.3 is 9.40 Å². The van der Waals surface area contributed by atoms with Crippen molar-refractivity contribution in [2.24, 2.45) is 0 Å². The fraction of sp³-hybridized carbons (Fsp3) is 0.150. The second-order valence-corrected chi connectivity index (χ2v) is 7.40. The monoisotopic (exact) mass is 363 g/mol. The zero-order valence-electron chi connectivity index (χ0n) is 14.4. The number of Topliss-reactive ketones (excluding diaryl/α,β-unsaturated/α-hetero) is 1. The highest BCUT2D eigenvalue weighted by molar-refractivity contribution is 8.00. The molecular weight excluding hydrogens is 346 g/mol. The Hall–Kier alpha value is -2.86. The van der Waals surface area contributed by atoms with E-state index in [0.29, 0.717) is 16.7 Å². The largest absolute Gasteiger partial charge is 0.411 e. The summed E-state index contributed by atoms with van der Waals surface area (Å²) in [6.07, 6.45) is 1.76. The van der Waals surface area contributed by atoms with E-state index < -0.39 is 0 Å². The fourth-order valence-electron chi connectivity index (χ4n) is 2.77. The Morgan fingerprint density at radius 3 is 2.69 bits per heavy atom. The molecule has 0 aliphatic heterocycles. The highest BCUT2D eigenvalue weighted by atomic mass is 32.2. The number of benzene rings is 2. The third-order valence-electron chi connectivity index (χ3n) is 4.21. The van der Waals surface area contributed by atoms with Gasteiger partial charge in [-0.05, 0) is 32.0 Å². The van der Waals surface area contributed by atoms with Crippen LogP contribution in [0, 0.1) is 6.92 Å². The molecule has 1 unspecified atom stereocenters. The van der Waals surface area contributed by atoms with Gasteiger partial charge in [0.25, 0.3) is 5.22 Å². The number of nitrogens with zero attached hydrogens (tertiary/aromatic N) is 2. The van der Waals surface area contributed by atoms with Crippen molar-refractivity contribution < 1.29 is 9.21 Å². The van der Waals surface area contributed by atoms with Gasteiger partial charge in [0.1, 0.15) is 0 Å². The minimum atomic E-state index is -0.333. The Bertz CT molecular complexity index is 1070. The average Bonchev–Trinajstić information content (AvgIpc) is 3.29. The van der Waals surface area contributed by atoms with Crippen molar-refractivity contribution in [2.45, 2.75) is 24.3 Å². The lowest BCUT2D eigenvalue weighted by Crippen LogP contribution is -2.13. The number of aromatic amines is 1. The molecule has 0 aliphatic carbocycles. The molecule has 26 heavy (non-hydrogen) atoms. The Morgan fingerprint density at radius 2 is 1.88 bits per heavy atom. The number of hydrogen-bond acceptors (Lipinski definition) is 5. The Labute approximate surface area is 154 Å². The Balaban J connectivity index is 1.52. The molecule has 0 aliphatic rings. The highest BCUT2D eigenvalue weighted by Gasteiger charge is 2.22. The number of H-pyrrole nitrogens is 1. The number of aromatic nitrogens is 3. The minimum absolute atomic E-state index is 0.0301. The summed E-state index contributed by atoms with van der Waals surface area (Å²) >= 11 is 1.27. The van der Waals surface area contributed by atoms with Crippen LogP contribution >= 0.6 is 11.8 Å². The first-order valence-electron chi connectivity index (χ1n) is 8.29. The second kappa shape index (κ2) is 6.80. The predicted molar refractivity (Wildman–Crippen MR) is 102 cm³/mol. The summed E-state index contributed by atoms with van der Waals surface area (Å²) in [5.41, 5.74) is 3.66. The van der Waals surface area contributed by atoms with Crippen LogP contribution in [0.4, 0.5) is 0 Å². The number of nitrogens with one attached hydrogen (secondary N) is 1. The SMILES string of the molecule is Cc1ccc(-c2nnc(SC(C)C(=O)c3c[nH]c4ccccc34)o2)cc1. The predicted octanol–water partition coefficient (Wildman–Crippen LogP) is 4.89. The van der Waals surface area contributed by atoms with Crippen molar-refractivity contribution in [1.29, 1.82) is 0 Å². The van der Waals surface area contributed by atoms with E-state index in [1.54, 1.807) is 6.20 Å². The normalized spacial score (nSPS) is 12.4. The standard InChI is InChI=1S/C20H17N3O2S/c1-12-7-9-14(10-8-12)19-22-23-20(25-19)26-13(2)18(24)16-11-21-17-6-4-3-5-15(16)17/h3-11,13,21H,1-2H3. The van der Waals surface area contributed by atoms with Crippen LogP contribution in [0.2, 0.25) is 0 Å². The maximum absolute atomic E-state index is 12.8. The maximum Gasteiger partial charge on any atom is 0.277 e. The molecule has 5 nitrogen and oxygen atoms in total. The van der Waals surface area contributed by atoms with Crippen molar-refractivity contribution in [1.82, 2.24) is 15.2 Å².